The van der Waals surface area contributed by atoms with Crippen LogP contribution in [0.2, 0.25) is 0 Å². The molecule has 0 aromatic rings. The zero-order valence-electron chi connectivity index (χ0n) is 1.80. The third-order valence-corrected chi connectivity index (χ3v) is 0. The molecule has 0 aromatic carbocycles. The van der Waals surface area contributed by atoms with Crippen LogP contribution >= 0.6 is 43.1 Å². The summed E-state index contributed by atoms with van der Waals surface area (Å²) in [6.07, 6.45) is 0. The van der Waals surface area contributed by atoms with Crippen LogP contribution in [0.25, 0.3) is 0 Å². The van der Waals surface area contributed by atoms with Crippen LogP contribution in [-0.2, 0) is 4.57 Å². The van der Waals surface area contributed by atoms with Crippen molar-refractivity contribution in [2.24, 2.45) is 0 Å². The van der Waals surface area contributed by atoms with Crippen molar-refractivity contribution in [2.75, 3.05) is 0 Å². The maximum Gasteiger partial charge on any atom is 0.310 e. The molecule has 0 bridgehead atoms. The molecular formula is H4Br2OP+. The summed E-state index contributed by atoms with van der Waals surface area (Å²) in [5.74, 6) is 0. The molecule has 0 aromatic heterocycles. The summed E-state index contributed by atoms with van der Waals surface area (Å²) in [6.45, 7) is 0. The second-order valence-electron chi connectivity index (χ2n) is 0. The fourth-order valence-electron chi connectivity index (χ4n) is 0. The van der Waals surface area contributed by atoms with Crippen molar-refractivity contribution in [1.29, 1.82) is 0 Å². The van der Waals surface area contributed by atoms with Crippen LogP contribution < -0.4 is 0 Å². The summed E-state index contributed by atoms with van der Waals surface area (Å²) in [7, 11) is 1.17. The topological polar surface area (TPSA) is 17.1 Å². The van der Waals surface area contributed by atoms with Gasteiger partial charge in [-0.05, 0) is 0 Å². The Labute approximate surface area is 47.9 Å². The molecule has 1 nitrogen and oxygen atoms in total. The molecule has 0 aliphatic carbocycles. The molecular weight excluding hydrogens is 207 g/mol. The van der Waals surface area contributed by atoms with E-state index in [1.165, 1.54) is 9.12 Å². The highest BCUT2D eigenvalue weighted by atomic mass is 79.9. The maximum atomic E-state index is 8.17. The Bertz CT molecular complexity index is 6.00. The molecule has 0 saturated carbocycles. The SMILES string of the molecule is Br.Br.O=[PH2+]. The predicted molar refractivity (Wildman–Crippen MR) is 31.0 cm³/mol. The van der Waals surface area contributed by atoms with E-state index in [0.29, 0.717) is 0 Å². The van der Waals surface area contributed by atoms with Crippen molar-refractivity contribution >= 4 is 43.1 Å². The molecule has 0 radical (unpaired) electrons. The van der Waals surface area contributed by atoms with Gasteiger partial charge in [0.2, 0.25) is 0 Å². The predicted octanol–water partition coefficient (Wildman–Crippen LogP) is 1.36. The quantitative estimate of drug-likeness (QED) is 0.552. The summed E-state index contributed by atoms with van der Waals surface area (Å²) >= 11 is 0. The summed E-state index contributed by atoms with van der Waals surface area (Å²) in [4.78, 5) is 0. The van der Waals surface area contributed by atoms with Crippen LogP contribution in [0.5, 0.6) is 0 Å². The summed E-state index contributed by atoms with van der Waals surface area (Å²) in [5, 5.41) is 0. The molecule has 4 heavy (non-hydrogen) atoms. The van der Waals surface area contributed by atoms with Gasteiger partial charge in [0.25, 0.3) is 0 Å². The van der Waals surface area contributed by atoms with Gasteiger partial charge in [-0.1, -0.05) is 4.57 Å². The lowest BCUT2D eigenvalue weighted by atomic mass is 16.0. The molecule has 0 N–H and O–H groups in total. The Kier molecular flexibility index (Phi) is 166. The van der Waals surface area contributed by atoms with Crippen molar-refractivity contribution in [3.63, 3.8) is 0 Å². The van der Waals surface area contributed by atoms with Crippen LogP contribution in [-0.4, -0.2) is 0 Å². The van der Waals surface area contributed by atoms with Crippen molar-refractivity contribution in [1.82, 2.24) is 0 Å². The van der Waals surface area contributed by atoms with Crippen LogP contribution in [0.3, 0.4) is 0 Å². The van der Waals surface area contributed by atoms with E-state index in [2.05, 4.69) is 0 Å². The van der Waals surface area contributed by atoms with E-state index in [4.69, 9.17) is 4.57 Å². The Morgan fingerprint density at radius 1 is 1.00 bits per heavy atom. The van der Waals surface area contributed by atoms with Gasteiger partial charge in [-0.3, -0.25) is 0 Å². The lowest BCUT2D eigenvalue weighted by Crippen LogP contribution is -0.489. The minimum absolute atomic E-state index is 0. The van der Waals surface area contributed by atoms with E-state index >= 15 is 0 Å². The first-order chi connectivity index (χ1) is 1.00. The molecule has 0 aliphatic heterocycles. The average molecular weight is 211 g/mol. The molecule has 28 valence electrons. The van der Waals surface area contributed by atoms with Gasteiger partial charge in [0.15, 0.2) is 0 Å². The van der Waals surface area contributed by atoms with Gasteiger partial charge < -0.3 is 0 Å². The second kappa shape index (κ2) is 33.8. The van der Waals surface area contributed by atoms with Crippen LogP contribution in [0.15, 0.2) is 0 Å². The van der Waals surface area contributed by atoms with E-state index < -0.39 is 0 Å². The second-order valence-corrected chi connectivity index (χ2v) is 0. The van der Waals surface area contributed by atoms with E-state index in [0.717, 1.165) is 0 Å². The fourth-order valence-corrected chi connectivity index (χ4v) is 0. The summed E-state index contributed by atoms with van der Waals surface area (Å²) in [6, 6.07) is 0. The van der Waals surface area contributed by atoms with E-state index in [1.54, 1.807) is 0 Å². The highest BCUT2D eigenvalue weighted by Crippen LogP contribution is 1.23. The first-order valence-corrected chi connectivity index (χ1v) is 0.707. The molecule has 0 amide bonds. The third kappa shape index (κ3) is 11.6. The molecule has 0 fully saturated rings. The lowest BCUT2D eigenvalue weighted by molar-refractivity contribution is 0.607. The number of rotatable bonds is 0. The molecule has 0 heterocycles. The van der Waals surface area contributed by atoms with Crippen molar-refractivity contribution < 1.29 is 4.57 Å². The smallest absolute Gasteiger partial charge is 0.114 e. The number of halogens is 2. The standard InChI is InChI=1S/2BrH.H2OP/c;;1-2/h2*1H;2H2/q;;+1. The number of hydrogen-bond donors (Lipinski definition) is 0. The van der Waals surface area contributed by atoms with Crippen LogP contribution in [0.1, 0.15) is 0 Å². The number of hydrogen-bond acceptors (Lipinski definition) is 1. The van der Waals surface area contributed by atoms with Crippen molar-refractivity contribution in [2.45, 2.75) is 0 Å². The molecule has 0 spiro atoms. The highest BCUT2D eigenvalue weighted by molar-refractivity contribution is 8.93. The lowest BCUT2D eigenvalue weighted by Gasteiger charge is -0.618. The highest BCUT2D eigenvalue weighted by Gasteiger charge is 0.849. The first kappa shape index (κ1) is 19.7. The van der Waals surface area contributed by atoms with Gasteiger partial charge in [-0.25, -0.2) is 0 Å². The molecule has 0 aliphatic rings. The largest absolute Gasteiger partial charge is 0.310 e. The molecule has 1 atom stereocenters. The molecule has 1 unspecified atom stereocenters. The van der Waals surface area contributed by atoms with Crippen molar-refractivity contribution in [3.8, 4) is 0 Å². The average Bonchev–Trinajstić information content (AvgIpc) is 1.00. The van der Waals surface area contributed by atoms with Gasteiger partial charge in [0.1, 0.15) is 0 Å². The normalized spacial score (nSPS) is 1.00. The van der Waals surface area contributed by atoms with E-state index in [-0.39, 0.29) is 34.0 Å². The Hall–Kier alpha value is 1.06. The molecule has 0 rings (SSSR count). The van der Waals surface area contributed by atoms with Gasteiger partial charge in [-0.15, -0.1) is 34.0 Å². The zero-order valence-corrected chi connectivity index (χ0v) is 6.38. The van der Waals surface area contributed by atoms with Crippen molar-refractivity contribution in [3.05, 3.63) is 0 Å². The fraction of sp³-hybridized carbons (Fsp3) is 0. The maximum absolute atomic E-state index is 8.17. The third-order valence-electron chi connectivity index (χ3n) is 0. The Morgan fingerprint density at radius 2 is 1.00 bits per heavy atom. The van der Waals surface area contributed by atoms with Gasteiger partial charge in [0.05, 0.1) is 0 Å². The van der Waals surface area contributed by atoms with E-state index in [1.807, 2.05) is 0 Å². The van der Waals surface area contributed by atoms with E-state index in [9.17, 15) is 0 Å². The van der Waals surface area contributed by atoms with Gasteiger partial charge in [-0.2, -0.15) is 0 Å². The van der Waals surface area contributed by atoms with Crippen LogP contribution in [0.4, 0.5) is 0 Å². The first-order valence-electron chi connectivity index (χ1n) is 0.236. The summed E-state index contributed by atoms with van der Waals surface area (Å²) in [5.41, 5.74) is 0. The van der Waals surface area contributed by atoms with Gasteiger partial charge >= 0.3 is 9.12 Å². The Balaban J connectivity index is -0.00000000500. The molecule has 0 saturated heterocycles. The molecule has 4 heteroatoms. The van der Waals surface area contributed by atoms with Crippen LogP contribution in [0, 0.1) is 0 Å². The Morgan fingerprint density at radius 3 is 1.00 bits per heavy atom. The minimum Gasteiger partial charge on any atom is -0.114 e. The minimum atomic E-state index is 0. The summed E-state index contributed by atoms with van der Waals surface area (Å²) < 4.78 is 8.17. The monoisotopic (exact) mass is 209 g/mol. The van der Waals surface area contributed by atoms with Gasteiger partial charge in [0, 0.05) is 0 Å². The zero-order chi connectivity index (χ0) is 2.00.